The largest absolute Gasteiger partial charge is 0.340 e. The monoisotopic (exact) mass is 390 g/mol. The zero-order chi connectivity index (χ0) is 19.1. The highest BCUT2D eigenvalue weighted by Gasteiger charge is 2.41. The highest BCUT2D eigenvalue weighted by molar-refractivity contribution is 7.93. The molecule has 27 heavy (non-hydrogen) atoms. The second kappa shape index (κ2) is 6.63. The second-order valence-corrected chi connectivity index (χ2v) is 9.19. The van der Waals surface area contributed by atoms with E-state index in [1.165, 1.54) is 4.31 Å². The molecule has 0 spiro atoms. The van der Waals surface area contributed by atoms with Crippen LogP contribution in [0.4, 0.5) is 5.69 Å². The summed E-state index contributed by atoms with van der Waals surface area (Å²) < 4.78 is 30.8. The lowest BCUT2D eigenvalue weighted by Gasteiger charge is -2.27. The van der Waals surface area contributed by atoms with Crippen molar-refractivity contribution in [3.63, 3.8) is 0 Å². The molecule has 4 rings (SSSR count). The van der Waals surface area contributed by atoms with E-state index in [1.807, 2.05) is 0 Å². The van der Waals surface area contributed by atoms with Gasteiger partial charge in [-0.3, -0.25) is 9.10 Å². The van der Waals surface area contributed by atoms with Crippen LogP contribution >= 0.6 is 0 Å². The summed E-state index contributed by atoms with van der Waals surface area (Å²) in [5.41, 5.74) is 0.307. The molecule has 0 radical (unpaired) electrons. The van der Waals surface area contributed by atoms with Crippen LogP contribution in [0.25, 0.3) is 0 Å². The number of sulfonamides is 1. The molecule has 9 heteroatoms. The summed E-state index contributed by atoms with van der Waals surface area (Å²) in [6.07, 6.45) is 4.04. The molecule has 1 aromatic carbocycles. The molecule has 1 aliphatic carbocycles. The Hall–Kier alpha value is -2.42. The first-order valence-electron chi connectivity index (χ1n) is 9.13. The van der Waals surface area contributed by atoms with Crippen molar-refractivity contribution in [3.05, 3.63) is 41.5 Å². The molecule has 1 N–H and O–H groups in total. The fraction of sp³-hybridized carbons (Fsp3) is 0.500. The predicted molar refractivity (Wildman–Crippen MR) is 98.8 cm³/mol. The number of anilines is 1. The molecular weight excluding hydrogens is 368 g/mol. The van der Waals surface area contributed by atoms with Gasteiger partial charge in [-0.2, -0.15) is 4.98 Å². The number of carbonyl (C=O) groups excluding carboxylic acids is 1. The van der Waals surface area contributed by atoms with Crippen molar-refractivity contribution in [2.24, 2.45) is 0 Å². The lowest BCUT2D eigenvalue weighted by atomic mass is 9.96. The van der Waals surface area contributed by atoms with Gasteiger partial charge >= 0.3 is 0 Å². The van der Waals surface area contributed by atoms with Gasteiger partial charge in [0.2, 0.25) is 15.9 Å². The van der Waals surface area contributed by atoms with Crippen molar-refractivity contribution in [3.8, 4) is 0 Å². The third-order valence-corrected chi connectivity index (χ3v) is 7.13. The minimum Gasteiger partial charge on any atom is -0.340 e. The van der Waals surface area contributed by atoms with Gasteiger partial charge in [-0.1, -0.05) is 24.1 Å². The van der Waals surface area contributed by atoms with Gasteiger partial charge in [0.15, 0.2) is 5.82 Å². The Morgan fingerprint density at radius 3 is 2.67 bits per heavy atom. The van der Waals surface area contributed by atoms with Gasteiger partial charge in [0.25, 0.3) is 5.91 Å². The summed E-state index contributed by atoms with van der Waals surface area (Å²) >= 11 is 0. The van der Waals surface area contributed by atoms with Crippen LogP contribution in [0.5, 0.6) is 0 Å². The number of amides is 1. The molecule has 2 fully saturated rings. The highest BCUT2D eigenvalue weighted by atomic mass is 32.2. The van der Waals surface area contributed by atoms with Crippen LogP contribution in [0.15, 0.2) is 28.8 Å². The fourth-order valence-corrected chi connectivity index (χ4v) is 5.45. The summed E-state index contributed by atoms with van der Waals surface area (Å²) in [6.45, 7) is 2.17. The molecule has 0 unspecified atom stereocenters. The molecule has 1 aliphatic heterocycles. The fourth-order valence-electron chi connectivity index (χ4n) is 3.90. The van der Waals surface area contributed by atoms with E-state index in [4.69, 9.17) is 4.52 Å². The number of hydrogen-bond donors (Lipinski definition) is 1. The lowest BCUT2D eigenvalue weighted by molar-refractivity contribution is 0.0892. The number of nitrogens with zero attached hydrogens (tertiary/aromatic N) is 3. The van der Waals surface area contributed by atoms with Crippen LogP contribution < -0.4 is 9.62 Å². The molecule has 2 aromatic rings. The summed E-state index contributed by atoms with van der Waals surface area (Å²) in [5, 5.41) is 7.11. The van der Waals surface area contributed by atoms with Gasteiger partial charge in [0, 0.05) is 19.0 Å². The van der Waals surface area contributed by atoms with Crippen molar-refractivity contribution in [2.45, 2.75) is 44.6 Å². The lowest BCUT2D eigenvalue weighted by Crippen LogP contribution is -2.44. The third-order valence-electron chi connectivity index (χ3n) is 5.26. The Morgan fingerprint density at radius 2 is 2.04 bits per heavy atom. The average molecular weight is 390 g/mol. The van der Waals surface area contributed by atoms with Crippen LogP contribution in [0, 0.1) is 6.92 Å². The van der Waals surface area contributed by atoms with Crippen LogP contribution in [0.3, 0.4) is 0 Å². The van der Waals surface area contributed by atoms with Gasteiger partial charge in [0.1, 0.15) is 5.54 Å². The molecule has 144 valence electrons. The van der Waals surface area contributed by atoms with E-state index >= 15 is 0 Å². The van der Waals surface area contributed by atoms with Crippen molar-refractivity contribution in [2.75, 3.05) is 16.6 Å². The number of carbonyl (C=O) groups is 1. The normalized spacial score (nSPS) is 20.7. The number of aryl methyl sites for hydroxylation is 1. The molecule has 2 aliphatic rings. The Balaban J connectivity index is 1.60. The number of nitrogens with one attached hydrogen (secondary N) is 1. The minimum absolute atomic E-state index is 0.143. The predicted octanol–water partition coefficient (Wildman–Crippen LogP) is 2.12. The Labute approximate surface area is 158 Å². The maximum Gasteiger partial charge on any atom is 0.252 e. The van der Waals surface area contributed by atoms with Gasteiger partial charge in [0.05, 0.1) is 11.4 Å². The Morgan fingerprint density at radius 1 is 1.26 bits per heavy atom. The topological polar surface area (TPSA) is 105 Å². The van der Waals surface area contributed by atoms with Crippen LogP contribution in [-0.2, 0) is 15.6 Å². The Kier molecular flexibility index (Phi) is 4.41. The highest BCUT2D eigenvalue weighted by Crippen LogP contribution is 2.37. The summed E-state index contributed by atoms with van der Waals surface area (Å²) in [4.78, 5) is 17.3. The van der Waals surface area contributed by atoms with Crippen LogP contribution in [-0.4, -0.2) is 36.8 Å². The number of benzene rings is 1. The van der Waals surface area contributed by atoms with E-state index in [0.717, 1.165) is 25.7 Å². The number of aromatic nitrogens is 2. The first kappa shape index (κ1) is 18.0. The smallest absolute Gasteiger partial charge is 0.252 e. The molecule has 1 aromatic heterocycles. The molecule has 1 amide bonds. The van der Waals surface area contributed by atoms with Crippen LogP contribution in [0.2, 0.25) is 0 Å². The van der Waals surface area contributed by atoms with Gasteiger partial charge in [-0.15, -0.1) is 0 Å². The molecule has 0 bridgehead atoms. The summed E-state index contributed by atoms with van der Waals surface area (Å²) in [6, 6.07) is 6.74. The molecule has 1 saturated carbocycles. The average Bonchev–Trinajstić information content (AvgIpc) is 3.35. The summed E-state index contributed by atoms with van der Waals surface area (Å²) in [5.74, 6) is 0.845. The number of hydrogen-bond acceptors (Lipinski definition) is 6. The Bertz CT molecular complexity index is 963. The van der Waals surface area contributed by atoms with E-state index < -0.39 is 15.6 Å². The van der Waals surface area contributed by atoms with Crippen molar-refractivity contribution in [1.82, 2.24) is 15.5 Å². The zero-order valence-electron chi connectivity index (χ0n) is 15.1. The number of rotatable bonds is 4. The van der Waals surface area contributed by atoms with E-state index in [0.29, 0.717) is 35.9 Å². The molecular formula is C18H22N4O4S. The van der Waals surface area contributed by atoms with E-state index in [2.05, 4.69) is 15.5 Å². The maximum absolute atomic E-state index is 12.9. The van der Waals surface area contributed by atoms with Crippen molar-refractivity contribution in [1.29, 1.82) is 0 Å². The van der Waals surface area contributed by atoms with E-state index in [1.54, 1.807) is 31.2 Å². The van der Waals surface area contributed by atoms with Gasteiger partial charge in [-0.25, -0.2) is 8.42 Å². The van der Waals surface area contributed by atoms with Crippen LogP contribution in [0.1, 0.15) is 54.2 Å². The maximum atomic E-state index is 12.9. The van der Waals surface area contributed by atoms with Crippen molar-refractivity contribution >= 4 is 21.6 Å². The molecule has 0 atom stereocenters. The quantitative estimate of drug-likeness (QED) is 0.857. The van der Waals surface area contributed by atoms with Crippen molar-refractivity contribution < 1.29 is 17.7 Å². The standard InChI is InChI=1S/C18H22N4O4S/c1-13-19-17(21-26-13)18(8-2-3-9-18)20-16(23)14-6-4-7-15(12-14)22-10-5-11-27(22,24)25/h4,6-7,12H,2-3,5,8-11H2,1H3,(H,20,23). The van der Waals surface area contributed by atoms with Gasteiger partial charge < -0.3 is 9.84 Å². The van der Waals surface area contributed by atoms with E-state index in [9.17, 15) is 13.2 Å². The molecule has 1 saturated heterocycles. The second-order valence-electron chi connectivity index (χ2n) is 7.17. The van der Waals surface area contributed by atoms with E-state index in [-0.39, 0.29) is 11.7 Å². The van der Waals surface area contributed by atoms with Gasteiger partial charge in [-0.05, 0) is 37.5 Å². The zero-order valence-corrected chi connectivity index (χ0v) is 16.0. The first-order chi connectivity index (χ1) is 12.9. The third kappa shape index (κ3) is 3.31. The first-order valence-corrected chi connectivity index (χ1v) is 10.7. The molecule has 8 nitrogen and oxygen atoms in total. The minimum atomic E-state index is -3.29. The summed E-state index contributed by atoms with van der Waals surface area (Å²) in [7, 11) is -3.29. The SMILES string of the molecule is Cc1nc(C2(NC(=O)c3cccc(N4CCCS4(=O)=O)c3)CCCC2)no1. The molecule has 2 heterocycles.